The Morgan fingerprint density at radius 3 is 2.56 bits per heavy atom. The van der Waals surface area contributed by atoms with Crippen LogP contribution in [0, 0.1) is 0 Å². The van der Waals surface area contributed by atoms with Gasteiger partial charge in [-0.15, -0.1) is 0 Å². The molecule has 3 amide bonds. The van der Waals surface area contributed by atoms with Crippen molar-refractivity contribution in [1.82, 2.24) is 5.32 Å². The number of ether oxygens (including phenoxy) is 1. The normalized spacial score (nSPS) is 14.6. The molecule has 32 heavy (non-hydrogen) atoms. The molecule has 3 aromatic carbocycles. The minimum absolute atomic E-state index is 0.00719. The lowest BCUT2D eigenvalue weighted by Gasteiger charge is -2.23. The van der Waals surface area contributed by atoms with Crippen LogP contribution < -0.4 is 20.3 Å². The van der Waals surface area contributed by atoms with Gasteiger partial charge in [0.1, 0.15) is 5.75 Å². The first kappa shape index (κ1) is 21.4. The Kier molecular flexibility index (Phi) is 6.40. The Hall–Kier alpha value is -3.80. The first-order valence-electron chi connectivity index (χ1n) is 10.8. The van der Waals surface area contributed by atoms with Crippen LogP contribution in [-0.2, 0) is 13.0 Å². The average Bonchev–Trinajstić information content (AvgIpc) is 3.14. The Balaban J connectivity index is 1.45. The van der Waals surface area contributed by atoms with E-state index in [1.807, 2.05) is 78.6 Å². The highest BCUT2D eigenvalue weighted by atomic mass is 16.5. The van der Waals surface area contributed by atoms with Crippen LogP contribution in [0.25, 0.3) is 0 Å². The maximum atomic E-state index is 13.1. The third-order valence-corrected chi connectivity index (χ3v) is 5.49. The van der Waals surface area contributed by atoms with Crippen LogP contribution in [0.15, 0.2) is 72.8 Å². The lowest BCUT2D eigenvalue weighted by Crippen LogP contribution is -2.35. The Morgan fingerprint density at radius 1 is 1.03 bits per heavy atom. The van der Waals surface area contributed by atoms with E-state index in [2.05, 4.69) is 17.6 Å². The van der Waals surface area contributed by atoms with E-state index >= 15 is 0 Å². The Labute approximate surface area is 188 Å². The van der Waals surface area contributed by atoms with Crippen molar-refractivity contribution in [3.63, 3.8) is 0 Å². The predicted molar refractivity (Wildman–Crippen MR) is 126 cm³/mol. The van der Waals surface area contributed by atoms with Crippen molar-refractivity contribution in [2.24, 2.45) is 0 Å². The molecule has 6 heteroatoms. The molecule has 0 aromatic heterocycles. The average molecular weight is 430 g/mol. The number of para-hydroxylation sites is 2. The summed E-state index contributed by atoms with van der Waals surface area (Å²) in [7, 11) is 0. The van der Waals surface area contributed by atoms with Crippen molar-refractivity contribution in [3.05, 3.63) is 89.5 Å². The van der Waals surface area contributed by atoms with Gasteiger partial charge in [-0.2, -0.15) is 0 Å². The van der Waals surface area contributed by atoms with Crippen LogP contribution in [0.4, 0.5) is 16.2 Å². The number of carbonyl (C=O) groups excluding carboxylic acids is 2. The maximum absolute atomic E-state index is 13.1. The van der Waals surface area contributed by atoms with Crippen LogP contribution in [-0.4, -0.2) is 24.6 Å². The molecule has 1 aliphatic rings. The zero-order chi connectivity index (χ0) is 22.5. The summed E-state index contributed by atoms with van der Waals surface area (Å²) in [5.41, 5.74) is 4.27. The van der Waals surface area contributed by atoms with Gasteiger partial charge in [-0.3, -0.25) is 4.79 Å². The van der Waals surface area contributed by atoms with E-state index in [1.54, 1.807) is 6.07 Å². The first-order valence-corrected chi connectivity index (χ1v) is 10.8. The molecule has 3 aromatic rings. The van der Waals surface area contributed by atoms with Crippen molar-refractivity contribution in [2.45, 2.75) is 32.9 Å². The number of rotatable bonds is 6. The molecule has 6 nitrogen and oxygen atoms in total. The molecule has 2 N–H and O–H groups in total. The van der Waals surface area contributed by atoms with Gasteiger partial charge in [0.05, 0.1) is 12.3 Å². The number of nitrogens with zero attached hydrogens (tertiary/aromatic N) is 1. The minimum Gasteiger partial charge on any atom is -0.492 e. The second-order valence-electron chi connectivity index (χ2n) is 7.79. The SMILES string of the molecule is CCOc1ccccc1NC(=O)NCc1ccc2c(c1)N(C(=O)c1ccccc1)[C@@H](C)C2. The van der Waals surface area contributed by atoms with Crippen LogP contribution in [0.2, 0.25) is 0 Å². The van der Waals surface area contributed by atoms with E-state index in [0.717, 1.165) is 23.2 Å². The molecule has 0 saturated carbocycles. The molecule has 164 valence electrons. The minimum atomic E-state index is -0.316. The summed E-state index contributed by atoms with van der Waals surface area (Å²) < 4.78 is 5.55. The van der Waals surface area contributed by atoms with Crippen molar-refractivity contribution in [2.75, 3.05) is 16.8 Å². The molecule has 1 atom stereocenters. The number of anilines is 2. The van der Waals surface area contributed by atoms with Crippen LogP contribution in [0.5, 0.6) is 5.75 Å². The molecule has 4 rings (SSSR count). The lowest BCUT2D eigenvalue weighted by molar-refractivity contribution is 0.0981. The molecule has 0 spiro atoms. The van der Waals surface area contributed by atoms with Gasteiger partial charge in [0.25, 0.3) is 5.91 Å². The quantitative estimate of drug-likeness (QED) is 0.579. The summed E-state index contributed by atoms with van der Waals surface area (Å²) >= 11 is 0. The summed E-state index contributed by atoms with van der Waals surface area (Å²) in [6.07, 6.45) is 0.816. The molecule has 0 bridgehead atoms. The largest absolute Gasteiger partial charge is 0.492 e. The molecule has 1 aliphatic heterocycles. The number of carbonyl (C=O) groups is 2. The summed E-state index contributed by atoms with van der Waals surface area (Å²) in [5, 5.41) is 5.72. The van der Waals surface area contributed by atoms with E-state index in [1.165, 1.54) is 0 Å². The fourth-order valence-corrected chi connectivity index (χ4v) is 3.99. The van der Waals surface area contributed by atoms with Gasteiger partial charge in [-0.25, -0.2) is 4.79 Å². The predicted octanol–water partition coefficient (Wildman–Crippen LogP) is 5.00. The molecular formula is C26H27N3O3. The van der Waals surface area contributed by atoms with Crippen LogP contribution in [0.1, 0.15) is 35.3 Å². The molecule has 0 saturated heterocycles. The zero-order valence-corrected chi connectivity index (χ0v) is 18.3. The van der Waals surface area contributed by atoms with Crippen molar-refractivity contribution < 1.29 is 14.3 Å². The van der Waals surface area contributed by atoms with Gasteiger partial charge in [-0.1, -0.05) is 42.5 Å². The number of nitrogens with one attached hydrogen (secondary N) is 2. The molecule has 0 fully saturated rings. The molecular weight excluding hydrogens is 402 g/mol. The Morgan fingerprint density at radius 2 is 1.78 bits per heavy atom. The van der Waals surface area contributed by atoms with E-state index in [4.69, 9.17) is 4.74 Å². The number of urea groups is 1. The summed E-state index contributed by atoms with van der Waals surface area (Å²) in [6, 6.07) is 22.4. The smallest absolute Gasteiger partial charge is 0.319 e. The summed E-state index contributed by atoms with van der Waals surface area (Å²) in [6.45, 7) is 4.82. The monoisotopic (exact) mass is 429 g/mol. The second-order valence-corrected chi connectivity index (χ2v) is 7.79. The maximum Gasteiger partial charge on any atom is 0.319 e. The molecule has 1 heterocycles. The standard InChI is InChI=1S/C26H27N3O3/c1-3-32-24-12-8-7-11-22(24)28-26(31)27-17-19-13-14-21-15-18(2)29(23(21)16-19)25(30)20-9-5-4-6-10-20/h4-14,16,18H,3,15,17H2,1-2H3,(H2,27,28,31)/t18-/m0/s1. The van der Waals surface area contributed by atoms with Crippen molar-refractivity contribution in [1.29, 1.82) is 0 Å². The van der Waals surface area contributed by atoms with Crippen molar-refractivity contribution in [3.8, 4) is 5.75 Å². The third-order valence-electron chi connectivity index (χ3n) is 5.49. The van der Waals surface area contributed by atoms with Gasteiger partial charge in [0.15, 0.2) is 0 Å². The highest BCUT2D eigenvalue weighted by molar-refractivity contribution is 6.07. The van der Waals surface area contributed by atoms with Gasteiger partial charge in [0.2, 0.25) is 0 Å². The number of amides is 3. The summed E-state index contributed by atoms with van der Waals surface area (Å²) in [4.78, 5) is 27.4. The fourth-order valence-electron chi connectivity index (χ4n) is 3.99. The Bertz CT molecular complexity index is 1110. The first-order chi connectivity index (χ1) is 15.6. The fraction of sp³-hybridized carbons (Fsp3) is 0.231. The van der Waals surface area contributed by atoms with Gasteiger partial charge in [0, 0.05) is 23.8 Å². The van der Waals surface area contributed by atoms with E-state index < -0.39 is 0 Å². The van der Waals surface area contributed by atoms with Crippen molar-refractivity contribution >= 4 is 23.3 Å². The van der Waals surface area contributed by atoms with Gasteiger partial charge >= 0.3 is 6.03 Å². The number of hydrogen-bond acceptors (Lipinski definition) is 3. The molecule has 0 aliphatic carbocycles. The van der Waals surface area contributed by atoms with Gasteiger partial charge in [-0.05, 0) is 61.7 Å². The van der Waals surface area contributed by atoms with E-state index in [9.17, 15) is 9.59 Å². The molecule has 0 unspecified atom stereocenters. The number of benzene rings is 3. The van der Waals surface area contributed by atoms with Crippen LogP contribution in [0.3, 0.4) is 0 Å². The second kappa shape index (κ2) is 9.56. The van der Waals surface area contributed by atoms with E-state index in [0.29, 0.717) is 30.2 Å². The van der Waals surface area contributed by atoms with E-state index in [-0.39, 0.29) is 18.0 Å². The van der Waals surface area contributed by atoms with Crippen LogP contribution >= 0.6 is 0 Å². The highest BCUT2D eigenvalue weighted by Crippen LogP contribution is 2.34. The number of fused-ring (bicyclic) bond motifs is 1. The summed E-state index contributed by atoms with van der Waals surface area (Å²) in [5.74, 6) is 0.624. The number of hydrogen-bond donors (Lipinski definition) is 2. The third kappa shape index (κ3) is 4.59. The zero-order valence-electron chi connectivity index (χ0n) is 18.3. The topological polar surface area (TPSA) is 70.7 Å². The lowest BCUT2D eigenvalue weighted by atomic mass is 10.1. The van der Waals surface area contributed by atoms with Gasteiger partial charge < -0.3 is 20.3 Å². The molecule has 0 radical (unpaired) electrons. The highest BCUT2D eigenvalue weighted by Gasteiger charge is 2.31.